The van der Waals surface area contributed by atoms with Crippen LogP contribution < -0.4 is 0 Å². The van der Waals surface area contributed by atoms with Gasteiger partial charge in [-0.3, -0.25) is 4.98 Å². The van der Waals surface area contributed by atoms with Gasteiger partial charge in [0, 0.05) is 22.8 Å². The maximum Gasteiger partial charge on any atom is 0.0713 e. The Bertz CT molecular complexity index is 777. The average Bonchev–Trinajstić information content (AvgIpc) is 2.54. The van der Waals surface area contributed by atoms with Crippen molar-refractivity contribution in [1.82, 2.24) is 9.97 Å². The van der Waals surface area contributed by atoms with Gasteiger partial charge in [-0.25, -0.2) is 4.98 Å². The molecule has 0 fully saturated rings. The Balaban J connectivity index is 1.90. The predicted molar refractivity (Wildman–Crippen MR) is 81.6 cm³/mol. The van der Waals surface area contributed by atoms with Crippen LogP contribution in [0, 0.1) is 0 Å². The van der Waals surface area contributed by atoms with Crippen LogP contribution in [0.25, 0.3) is 22.2 Å². The largest absolute Gasteiger partial charge is 0.261 e. The minimum absolute atomic E-state index is 1.06. The van der Waals surface area contributed by atoms with Crippen LogP contribution in [0.15, 0.2) is 48.7 Å². The third kappa shape index (κ3) is 1.88. The number of rotatable bonds is 1. The van der Waals surface area contributed by atoms with Crippen LogP contribution in [0.5, 0.6) is 0 Å². The zero-order chi connectivity index (χ0) is 13.4. The van der Waals surface area contributed by atoms with Crippen molar-refractivity contribution in [3.05, 3.63) is 59.9 Å². The highest BCUT2D eigenvalue weighted by molar-refractivity contribution is 5.82. The summed E-state index contributed by atoms with van der Waals surface area (Å²) in [4.78, 5) is 9.37. The summed E-state index contributed by atoms with van der Waals surface area (Å²) in [5, 5.41) is 1.19. The average molecular weight is 260 g/mol. The quantitative estimate of drug-likeness (QED) is 0.656. The third-order valence-electron chi connectivity index (χ3n) is 4.11. The molecule has 0 aliphatic heterocycles. The van der Waals surface area contributed by atoms with Gasteiger partial charge >= 0.3 is 0 Å². The summed E-state index contributed by atoms with van der Waals surface area (Å²) in [7, 11) is 0. The number of nitrogens with zero attached hydrogens (tertiary/aromatic N) is 2. The molecule has 0 radical (unpaired) electrons. The number of para-hydroxylation sites is 1. The molecule has 20 heavy (non-hydrogen) atoms. The van der Waals surface area contributed by atoms with Crippen molar-refractivity contribution in [2.24, 2.45) is 0 Å². The van der Waals surface area contributed by atoms with Crippen LogP contribution in [-0.2, 0) is 12.8 Å². The fraction of sp³-hybridized carbons (Fsp3) is 0.222. The van der Waals surface area contributed by atoms with Crippen molar-refractivity contribution in [2.45, 2.75) is 25.7 Å². The van der Waals surface area contributed by atoms with E-state index < -0.39 is 0 Å². The van der Waals surface area contributed by atoms with Gasteiger partial charge in [-0.15, -0.1) is 0 Å². The molecule has 0 bridgehead atoms. The number of fused-ring (bicyclic) bond motifs is 2. The first-order valence-electron chi connectivity index (χ1n) is 7.25. The summed E-state index contributed by atoms with van der Waals surface area (Å²) < 4.78 is 0. The number of aryl methyl sites for hydroxylation is 1. The first-order chi connectivity index (χ1) is 9.92. The highest BCUT2D eigenvalue weighted by Crippen LogP contribution is 2.30. The number of benzene rings is 1. The van der Waals surface area contributed by atoms with Gasteiger partial charge in [-0.1, -0.05) is 24.3 Å². The summed E-state index contributed by atoms with van der Waals surface area (Å²) in [6.07, 6.45) is 6.69. The highest BCUT2D eigenvalue weighted by atomic mass is 14.7. The number of hydrogen-bond acceptors (Lipinski definition) is 2. The summed E-state index contributed by atoms with van der Waals surface area (Å²) in [6, 6.07) is 14.7. The second-order valence-electron chi connectivity index (χ2n) is 5.38. The smallest absolute Gasteiger partial charge is 0.0713 e. The molecule has 0 spiro atoms. The van der Waals surface area contributed by atoms with E-state index in [0.717, 1.165) is 24.1 Å². The van der Waals surface area contributed by atoms with Crippen LogP contribution in [0.4, 0.5) is 0 Å². The summed E-state index contributed by atoms with van der Waals surface area (Å²) in [5.41, 5.74) is 6.07. The molecule has 0 atom stereocenters. The Kier molecular flexibility index (Phi) is 2.73. The minimum Gasteiger partial charge on any atom is -0.261 e. The van der Waals surface area contributed by atoms with E-state index >= 15 is 0 Å². The lowest BCUT2D eigenvalue weighted by atomic mass is 9.91. The van der Waals surface area contributed by atoms with Crippen LogP contribution in [0.1, 0.15) is 24.1 Å². The van der Waals surface area contributed by atoms with Crippen molar-refractivity contribution in [2.75, 3.05) is 0 Å². The lowest BCUT2D eigenvalue weighted by Crippen LogP contribution is -2.07. The zero-order valence-electron chi connectivity index (χ0n) is 11.3. The second kappa shape index (κ2) is 4.71. The van der Waals surface area contributed by atoms with Gasteiger partial charge in [0.1, 0.15) is 0 Å². The molecule has 2 nitrogen and oxygen atoms in total. The fourth-order valence-corrected chi connectivity index (χ4v) is 3.08. The van der Waals surface area contributed by atoms with E-state index in [2.05, 4.69) is 41.4 Å². The first kappa shape index (κ1) is 11.6. The van der Waals surface area contributed by atoms with Crippen molar-refractivity contribution < 1.29 is 0 Å². The molecule has 1 aliphatic carbocycles. The summed E-state index contributed by atoms with van der Waals surface area (Å²) >= 11 is 0. The van der Waals surface area contributed by atoms with E-state index in [1.165, 1.54) is 35.0 Å². The highest BCUT2D eigenvalue weighted by Gasteiger charge is 2.15. The summed E-state index contributed by atoms with van der Waals surface area (Å²) in [5.74, 6) is 0. The monoisotopic (exact) mass is 260 g/mol. The van der Waals surface area contributed by atoms with Gasteiger partial charge in [0.15, 0.2) is 0 Å². The molecule has 1 aromatic carbocycles. The van der Waals surface area contributed by atoms with E-state index in [9.17, 15) is 0 Å². The lowest BCUT2D eigenvalue weighted by molar-refractivity contribution is 0.669. The van der Waals surface area contributed by atoms with Gasteiger partial charge in [0.2, 0.25) is 0 Å². The molecule has 2 aromatic heterocycles. The van der Waals surface area contributed by atoms with Crippen molar-refractivity contribution in [3.63, 3.8) is 0 Å². The van der Waals surface area contributed by atoms with Crippen LogP contribution in [0.2, 0.25) is 0 Å². The minimum atomic E-state index is 1.06. The van der Waals surface area contributed by atoms with E-state index in [1.807, 2.05) is 12.3 Å². The standard InChI is InChI=1S/C18H16N2/c1-3-7-16-13(5-1)9-10-18(20-16)15-11-12-19-17-8-4-2-6-14(15)17/h1,3,5,7,9-12H,2,4,6,8H2. The Labute approximate surface area is 118 Å². The number of hydrogen-bond donors (Lipinski definition) is 0. The van der Waals surface area contributed by atoms with E-state index in [0.29, 0.717) is 0 Å². The molecule has 0 N–H and O–H groups in total. The van der Waals surface area contributed by atoms with E-state index in [-0.39, 0.29) is 0 Å². The molecule has 0 saturated carbocycles. The molecule has 2 heterocycles. The molecular weight excluding hydrogens is 244 g/mol. The van der Waals surface area contributed by atoms with Gasteiger partial charge < -0.3 is 0 Å². The normalized spacial score (nSPS) is 14.2. The molecular formula is C18H16N2. The Hall–Kier alpha value is -2.22. The molecule has 1 aliphatic rings. The van der Waals surface area contributed by atoms with Gasteiger partial charge in [0.05, 0.1) is 11.2 Å². The van der Waals surface area contributed by atoms with Crippen molar-refractivity contribution in [3.8, 4) is 11.3 Å². The van der Waals surface area contributed by atoms with Crippen LogP contribution in [0.3, 0.4) is 0 Å². The Morgan fingerprint density at radius 1 is 0.850 bits per heavy atom. The SMILES string of the molecule is c1ccc2nc(-c3ccnc4c3CCCC4)ccc2c1. The van der Waals surface area contributed by atoms with E-state index in [4.69, 9.17) is 4.98 Å². The fourth-order valence-electron chi connectivity index (χ4n) is 3.08. The predicted octanol–water partition coefficient (Wildman–Crippen LogP) is 4.18. The van der Waals surface area contributed by atoms with Crippen LogP contribution >= 0.6 is 0 Å². The van der Waals surface area contributed by atoms with Gasteiger partial charge in [-0.05, 0) is 49.4 Å². The molecule has 0 saturated heterocycles. The molecule has 98 valence electrons. The molecule has 4 rings (SSSR count). The molecule has 0 unspecified atom stereocenters. The first-order valence-corrected chi connectivity index (χ1v) is 7.25. The molecule has 0 amide bonds. The topological polar surface area (TPSA) is 25.8 Å². The maximum absolute atomic E-state index is 4.83. The zero-order valence-corrected chi connectivity index (χ0v) is 11.3. The molecule has 3 aromatic rings. The van der Waals surface area contributed by atoms with Crippen molar-refractivity contribution >= 4 is 10.9 Å². The maximum atomic E-state index is 4.83. The van der Waals surface area contributed by atoms with Crippen molar-refractivity contribution in [1.29, 1.82) is 0 Å². The van der Waals surface area contributed by atoms with Crippen LogP contribution in [-0.4, -0.2) is 9.97 Å². The number of aromatic nitrogens is 2. The lowest BCUT2D eigenvalue weighted by Gasteiger charge is -2.18. The molecule has 2 heteroatoms. The Morgan fingerprint density at radius 2 is 1.75 bits per heavy atom. The van der Waals surface area contributed by atoms with Gasteiger partial charge in [0.25, 0.3) is 0 Å². The van der Waals surface area contributed by atoms with E-state index in [1.54, 1.807) is 0 Å². The summed E-state index contributed by atoms with van der Waals surface area (Å²) in [6.45, 7) is 0. The Morgan fingerprint density at radius 3 is 2.75 bits per heavy atom. The van der Waals surface area contributed by atoms with Gasteiger partial charge in [-0.2, -0.15) is 0 Å². The third-order valence-corrected chi connectivity index (χ3v) is 4.11. The number of pyridine rings is 2. The second-order valence-corrected chi connectivity index (χ2v) is 5.38.